The van der Waals surface area contributed by atoms with Crippen molar-refractivity contribution in [3.8, 4) is 0 Å². The molecule has 1 aromatic rings. The van der Waals surface area contributed by atoms with Crippen molar-refractivity contribution in [1.82, 2.24) is 0 Å². The normalized spacial score (nSPS) is 12.3. The van der Waals surface area contributed by atoms with Gasteiger partial charge in [0.25, 0.3) is 0 Å². The van der Waals surface area contributed by atoms with Crippen LogP contribution in [0.2, 0.25) is 0 Å². The molecule has 0 aliphatic carbocycles. The molecule has 1 rings (SSSR count). The van der Waals surface area contributed by atoms with Gasteiger partial charge in [0.05, 0.1) is 12.7 Å². The molecule has 0 heterocycles. The zero-order valence-corrected chi connectivity index (χ0v) is 12.7. The molecule has 2 nitrogen and oxygen atoms in total. The first kappa shape index (κ1) is 16.2. The highest BCUT2D eigenvalue weighted by Crippen LogP contribution is 2.11. The van der Waals surface area contributed by atoms with Gasteiger partial charge in [0.15, 0.2) is 0 Å². The van der Waals surface area contributed by atoms with Crippen molar-refractivity contribution >= 4 is 5.97 Å². The molecular weight excluding hydrogens is 248 g/mol. The SMILES string of the molecule is CCC/C=C(\C)C/C(C)=C/OC(=O)Cc1ccccc1. The van der Waals surface area contributed by atoms with Crippen molar-refractivity contribution in [1.29, 1.82) is 0 Å². The standard InChI is InChI=1S/C18H24O2/c1-4-5-9-15(2)12-16(3)14-20-18(19)13-17-10-7-6-8-11-17/h6-11,14H,4-5,12-13H2,1-3H3/b15-9+,16-14+. The topological polar surface area (TPSA) is 26.3 Å². The fourth-order valence-corrected chi connectivity index (χ4v) is 1.91. The van der Waals surface area contributed by atoms with Crippen LogP contribution in [-0.2, 0) is 16.0 Å². The number of benzene rings is 1. The van der Waals surface area contributed by atoms with Crippen LogP contribution in [0, 0.1) is 0 Å². The summed E-state index contributed by atoms with van der Waals surface area (Å²) < 4.78 is 5.18. The Morgan fingerprint density at radius 1 is 1.15 bits per heavy atom. The minimum absolute atomic E-state index is 0.217. The number of hydrogen-bond donors (Lipinski definition) is 0. The Bertz CT molecular complexity index is 469. The molecule has 0 saturated heterocycles. The summed E-state index contributed by atoms with van der Waals surface area (Å²) in [6.45, 7) is 6.26. The van der Waals surface area contributed by atoms with E-state index < -0.39 is 0 Å². The van der Waals surface area contributed by atoms with Crippen LogP contribution in [0.4, 0.5) is 0 Å². The van der Waals surface area contributed by atoms with Gasteiger partial charge in [-0.25, -0.2) is 0 Å². The zero-order chi connectivity index (χ0) is 14.8. The van der Waals surface area contributed by atoms with Crippen LogP contribution in [0.5, 0.6) is 0 Å². The predicted octanol–water partition coefficient (Wildman–Crippen LogP) is 4.81. The lowest BCUT2D eigenvalue weighted by Crippen LogP contribution is -2.04. The summed E-state index contributed by atoms with van der Waals surface area (Å²) in [6, 6.07) is 9.63. The van der Waals surface area contributed by atoms with E-state index in [-0.39, 0.29) is 5.97 Å². The zero-order valence-electron chi connectivity index (χ0n) is 12.7. The van der Waals surface area contributed by atoms with Crippen LogP contribution in [0.1, 0.15) is 45.6 Å². The van der Waals surface area contributed by atoms with Crippen molar-refractivity contribution in [2.24, 2.45) is 0 Å². The molecule has 0 N–H and O–H groups in total. The third kappa shape index (κ3) is 6.93. The Morgan fingerprint density at radius 3 is 2.50 bits per heavy atom. The molecule has 0 aromatic heterocycles. The van der Waals surface area contributed by atoms with Crippen molar-refractivity contribution in [2.45, 2.75) is 46.5 Å². The third-order valence-corrected chi connectivity index (χ3v) is 2.92. The van der Waals surface area contributed by atoms with Crippen LogP contribution in [-0.4, -0.2) is 5.97 Å². The van der Waals surface area contributed by atoms with E-state index in [1.54, 1.807) is 6.26 Å². The number of esters is 1. The first-order valence-electron chi connectivity index (χ1n) is 7.16. The second-order valence-electron chi connectivity index (χ2n) is 5.13. The molecule has 0 saturated carbocycles. The molecule has 0 spiro atoms. The van der Waals surface area contributed by atoms with E-state index in [1.165, 1.54) is 5.57 Å². The average Bonchev–Trinajstić information content (AvgIpc) is 2.44. The van der Waals surface area contributed by atoms with E-state index in [1.807, 2.05) is 37.3 Å². The lowest BCUT2D eigenvalue weighted by molar-refractivity contribution is -0.137. The molecule has 0 fully saturated rings. The molecule has 2 heteroatoms. The van der Waals surface area contributed by atoms with Gasteiger partial charge >= 0.3 is 5.97 Å². The summed E-state index contributed by atoms with van der Waals surface area (Å²) in [4.78, 5) is 11.7. The first-order valence-corrected chi connectivity index (χ1v) is 7.16. The molecule has 0 radical (unpaired) electrons. The monoisotopic (exact) mass is 272 g/mol. The second kappa shape index (κ2) is 9.13. The predicted molar refractivity (Wildman–Crippen MR) is 83.3 cm³/mol. The molecular formula is C18H24O2. The summed E-state index contributed by atoms with van der Waals surface area (Å²) in [5, 5.41) is 0. The van der Waals surface area contributed by atoms with E-state index in [0.29, 0.717) is 6.42 Å². The molecule has 0 unspecified atom stereocenters. The van der Waals surface area contributed by atoms with Gasteiger partial charge in [-0.05, 0) is 37.8 Å². The minimum Gasteiger partial charge on any atom is -0.434 e. The van der Waals surface area contributed by atoms with E-state index in [4.69, 9.17) is 4.74 Å². The van der Waals surface area contributed by atoms with Gasteiger partial charge in [0.2, 0.25) is 0 Å². The van der Waals surface area contributed by atoms with Crippen molar-refractivity contribution in [2.75, 3.05) is 0 Å². The Balaban J connectivity index is 2.40. The Morgan fingerprint density at radius 2 is 1.85 bits per heavy atom. The van der Waals surface area contributed by atoms with E-state index in [0.717, 1.165) is 30.4 Å². The molecule has 0 aliphatic rings. The maximum Gasteiger partial charge on any atom is 0.315 e. The van der Waals surface area contributed by atoms with E-state index >= 15 is 0 Å². The second-order valence-corrected chi connectivity index (χ2v) is 5.13. The summed E-state index contributed by atoms with van der Waals surface area (Å²) in [7, 11) is 0. The van der Waals surface area contributed by atoms with Gasteiger partial charge in [-0.3, -0.25) is 4.79 Å². The van der Waals surface area contributed by atoms with Gasteiger partial charge in [-0.15, -0.1) is 0 Å². The first-order chi connectivity index (χ1) is 9.61. The summed E-state index contributed by atoms with van der Waals surface area (Å²) in [6.07, 6.45) is 7.25. The summed E-state index contributed by atoms with van der Waals surface area (Å²) >= 11 is 0. The number of hydrogen-bond acceptors (Lipinski definition) is 2. The number of rotatable bonds is 7. The molecule has 0 bridgehead atoms. The number of allylic oxidation sites excluding steroid dienone is 3. The Hall–Kier alpha value is -1.83. The lowest BCUT2D eigenvalue weighted by Gasteiger charge is -2.04. The summed E-state index contributed by atoms with van der Waals surface area (Å²) in [5.41, 5.74) is 3.36. The van der Waals surface area contributed by atoms with Crippen molar-refractivity contribution in [3.05, 3.63) is 59.4 Å². The Labute approximate surface area is 122 Å². The van der Waals surface area contributed by atoms with Crippen LogP contribution < -0.4 is 0 Å². The van der Waals surface area contributed by atoms with Crippen LogP contribution >= 0.6 is 0 Å². The number of carbonyl (C=O) groups is 1. The van der Waals surface area contributed by atoms with Crippen molar-refractivity contribution in [3.63, 3.8) is 0 Å². The van der Waals surface area contributed by atoms with Gasteiger partial charge in [0.1, 0.15) is 0 Å². The maximum absolute atomic E-state index is 11.7. The van der Waals surface area contributed by atoms with Crippen LogP contribution in [0.3, 0.4) is 0 Å². The highest BCUT2D eigenvalue weighted by molar-refractivity contribution is 5.73. The van der Waals surface area contributed by atoms with Gasteiger partial charge in [0, 0.05) is 0 Å². The minimum atomic E-state index is -0.217. The quantitative estimate of drug-likeness (QED) is 0.404. The maximum atomic E-state index is 11.7. The molecule has 0 atom stereocenters. The highest BCUT2D eigenvalue weighted by Gasteiger charge is 2.03. The smallest absolute Gasteiger partial charge is 0.315 e. The third-order valence-electron chi connectivity index (χ3n) is 2.92. The van der Waals surface area contributed by atoms with E-state index in [2.05, 4.69) is 19.9 Å². The van der Waals surface area contributed by atoms with Gasteiger partial charge in [-0.1, -0.05) is 55.3 Å². The largest absolute Gasteiger partial charge is 0.434 e. The molecule has 1 aromatic carbocycles. The number of unbranched alkanes of at least 4 members (excludes halogenated alkanes) is 1. The molecule has 20 heavy (non-hydrogen) atoms. The molecule has 108 valence electrons. The summed E-state index contributed by atoms with van der Waals surface area (Å²) in [5.74, 6) is -0.217. The van der Waals surface area contributed by atoms with Crippen LogP contribution in [0.25, 0.3) is 0 Å². The fourth-order valence-electron chi connectivity index (χ4n) is 1.91. The lowest BCUT2D eigenvalue weighted by atomic mass is 10.1. The molecule has 0 aliphatic heterocycles. The van der Waals surface area contributed by atoms with Crippen molar-refractivity contribution < 1.29 is 9.53 Å². The van der Waals surface area contributed by atoms with Gasteiger partial charge < -0.3 is 4.74 Å². The average molecular weight is 272 g/mol. The van der Waals surface area contributed by atoms with E-state index in [9.17, 15) is 4.79 Å². The Kier molecular flexibility index (Phi) is 7.41. The number of ether oxygens (including phenoxy) is 1. The highest BCUT2D eigenvalue weighted by atomic mass is 16.5. The molecule has 0 amide bonds. The van der Waals surface area contributed by atoms with Crippen LogP contribution in [0.15, 0.2) is 53.8 Å². The fraction of sp³-hybridized carbons (Fsp3) is 0.389. The number of carbonyl (C=O) groups excluding carboxylic acids is 1. The van der Waals surface area contributed by atoms with Gasteiger partial charge in [-0.2, -0.15) is 0 Å².